The van der Waals surface area contributed by atoms with Crippen molar-refractivity contribution in [3.8, 4) is 0 Å². The third kappa shape index (κ3) is 3.26. The first kappa shape index (κ1) is 14.6. The van der Waals surface area contributed by atoms with Gasteiger partial charge in [-0.15, -0.1) is 11.3 Å². The summed E-state index contributed by atoms with van der Waals surface area (Å²) in [5.41, 5.74) is 5.47. The molecular formula is C10H18N2O3S2. The highest BCUT2D eigenvalue weighted by Gasteiger charge is 2.26. The van der Waals surface area contributed by atoms with E-state index in [0.29, 0.717) is 17.4 Å². The predicted molar refractivity (Wildman–Crippen MR) is 68.5 cm³/mol. The highest BCUT2D eigenvalue weighted by Crippen LogP contribution is 2.25. The second-order valence-electron chi connectivity index (χ2n) is 3.75. The zero-order valence-electron chi connectivity index (χ0n) is 10.2. The monoisotopic (exact) mass is 278 g/mol. The molecule has 1 heterocycles. The van der Waals surface area contributed by atoms with Crippen molar-refractivity contribution in [2.45, 2.75) is 23.7 Å². The largest absolute Gasteiger partial charge is 0.383 e. The molecular weight excluding hydrogens is 260 g/mol. The van der Waals surface area contributed by atoms with E-state index in [0.717, 1.165) is 4.88 Å². The molecule has 7 heteroatoms. The fourth-order valence-corrected chi connectivity index (χ4v) is 4.10. The van der Waals surface area contributed by atoms with Crippen LogP contribution in [0.2, 0.25) is 0 Å². The number of sulfonamides is 1. The summed E-state index contributed by atoms with van der Waals surface area (Å²) in [5.74, 6) is 0. The van der Waals surface area contributed by atoms with Gasteiger partial charge in [0.2, 0.25) is 0 Å². The number of hydrogen-bond donors (Lipinski definition) is 1. The molecule has 1 rings (SSSR count). The molecule has 0 fully saturated rings. The number of methoxy groups -OCH3 is 1. The van der Waals surface area contributed by atoms with Gasteiger partial charge in [-0.2, -0.15) is 4.31 Å². The Morgan fingerprint density at radius 3 is 2.65 bits per heavy atom. The van der Waals surface area contributed by atoms with E-state index in [1.807, 2.05) is 0 Å². The third-order valence-corrected chi connectivity index (χ3v) is 6.05. The first-order valence-electron chi connectivity index (χ1n) is 5.19. The molecule has 5 nitrogen and oxygen atoms in total. The predicted octanol–water partition coefficient (Wildman–Crippen LogP) is 0.862. The highest BCUT2D eigenvalue weighted by molar-refractivity contribution is 7.91. The average Bonchev–Trinajstić information content (AvgIpc) is 2.77. The van der Waals surface area contributed by atoms with Gasteiger partial charge in [-0.05, 0) is 19.1 Å². The minimum atomic E-state index is -3.43. The minimum absolute atomic E-state index is 0.201. The van der Waals surface area contributed by atoms with Gasteiger partial charge in [0.15, 0.2) is 0 Å². The molecule has 0 bridgehead atoms. The lowest BCUT2D eigenvalue weighted by Gasteiger charge is -2.22. The molecule has 2 N–H and O–H groups in total. The fraction of sp³-hybridized carbons (Fsp3) is 0.600. The fourth-order valence-electron chi connectivity index (χ4n) is 1.33. The van der Waals surface area contributed by atoms with E-state index in [1.165, 1.54) is 15.6 Å². The molecule has 0 aliphatic heterocycles. The first-order valence-corrected chi connectivity index (χ1v) is 7.45. The van der Waals surface area contributed by atoms with Crippen molar-refractivity contribution in [1.82, 2.24) is 4.31 Å². The molecule has 1 atom stereocenters. The summed E-state index contributed by atoms with van der Waals surface area (Å²) < 4.78 is 31.0. The molecule has 98 valence electrons. The van der Waals surface area contributed by atoms with Crippen LogP contribution in [0.1, 0.15) is 11.8 Å². The van der Waals surface area contributed by atoms with Crippen LogP contribution in [0.3, 0.4) is 0 Å². The standard InChI is InChI=1S/C10H18N2O3S2/c1-8(7-15-3)12(2)17(13,14)10-5-4-9(6-11)16-10/h4-5,8H,6-7,11H2,1-3H3. The Labute approximate surface area is 106 Å². The summed E-state index contributed by atoms with van der Waals surface area (Å²) in [5, 5.41) is 0. The number of thiophene rings is 1. The average molecular weight is 278 g/mol. The van der Waals surface area contributed by atoms with Gasteiger partial charge in [-0.25, -0.2) is 8.42 Å². The summed E-state index contributed by atoms with van der Waals surface area (Å²) in [7, 11) is -0.327. The summed E-state index contributed by atoms with van der Waals surface area (Å²) >= 11 is 1.21. The molecule has 0 amide bonds. The molecule has 1 unspecified atom stereocenters. The zero-order valence-corrected chi connectivity index (χ0v) is 11.8. The Kier molecular flexibility index (Phi) is 5.08. The number of rotatable bonds is 6. The third-order valence-electron chi connectivity index (χ3n) is 2.50. The molecule has 0 saturated heterocycles. The number of nitrogens with zero attached hydrogens (tertiary/aromatic N) is 1. The number of hydrogen-bond acceptors (Lipinski definition) is 5. The molecule has 0 aromatic carbocycles. The van der Waals surface area contributed by atoms with E-state index in [2.05, 4.69) is 0 Å². The zero-order chi connectivity index (χ0) is 13.1. The Hall–Kier alpha value is -0.470. The van der Waals surface area contributed by atoms with Gasteiger partial charge in [-0.1, -0.05) is 0 Å². The van der Waals surface area contributed by atoms with Crippen molar-refractivity contribution in [1.29, 1.82) is 0 Å². The SMILES string of the molecule is COCC(C)N(C)S(=O)(=O)c1ccc(CN)s1. The topological polar surface area (TPSA) is 72.6 Å². The van der Waals surface area contributed by atoms with Crippen molar-refractivity contribution in [3.63, 3.8) is 0 Å². The maximum absolute atomic E-state index is 12.2. The van der Waals surface area contributed by atoms with Crippen molar-refractivity contribution in [3.05, 3.63) is 17.0 Å². The minimum Gasteiger partial charge on any atom is -0.383 e. The lowest BCUT2D eigenvalue weighted by Crippen LogP contribution is -2.37. The van der Waals surface area contributed by atoms with Gasteiger partial charge < -0.3 is 10.5 Å². The molecule has 0 saturated carbocycles. The maximum atomic E-state index is 12.2. The molecule has 0 spiro atoms. The van der Waals surface area contributed by atoms with Crippen LogP contribution in [-0.4, -0.2) is 39.5 Å². The molecule has 1 aromatic heterocycles. The highest BCUT2D eigenvalue weighted by atomic mass is 32.2. The van der Waals surface area contributed by atoms with Crippen LogP contribution in [0.4, 0.5) is 0 Å². The van der Waals surface area contributed by atoms with E-state index in [4.69, 9.17) is 10.5 Å². The van der Waals surface area contributed by atoms with E-state index in [9.17, 15) is 8.42 Å². The van der Waals surface area contributed by atoms with Gasteiger partial charge in [-0.3, -0.25) is 0 Å². The summed E-state index contributed by atoms with van der Waals surface area (Å²) in [4.78, 5) is 0.858. The van der Waals surface area contributed by atoms with Gasteiger partial charge in [0.1, 0.15) is 4.21 Å². The van der Waals surface area contributed by atoms with Gasteiger partial charge in [0.05, 0.1) is 6.61 Å². The molecule has 1 aromatic rings. The smallest absolute Gasteiger partial charge is 0.252 e. The van der Waals surface area contributed by atoms with Crippen LogP contribution >= 0.6 is 11.3 Å². The van der Waals surface area contributed by atoms with Crippen LogP contribution in [-0.2, 0) is 21.3 Å². The number of likely N-dealkylation sites (N-methyl/N-ethyl adjacent to an activating group) is 1. The number of ether oxygens (including phenoxy) is 1. The first-order chi connectivity index (χ1) is 7.93. The van der Waals surface area contributed by atoms with Gasteiger partial charge in [0, 0.05) is 31.6 Å². The Morgan fingerprint density at radius 1 is 1.53 bits per heavy atom. The Bertz CT molecular complexity index is 456. The maximum Gasteiger partial charge on any atom is 0.252 e. The second kappa shape index (κ2) is 5.92. The summed E-state index contributed by atoms with van der Waals surface area (Å²) in [6.45, 7) is 2.53. The lowest BCUT2D eigenvalue weighted by molar-refractivity contribution is 0.149. The number of nitrogens with two attached hydrogens (primary N) is 1. The molecule has 0 aliphatic rings. The van der Waals surface area contributed by atoms with E-state index in [1.54, 1.807) is 33.2 Å². The van der Waals surface area contributed by atoms with Crippen LogP contribution in [0.5, 0.6) is 0 Å². The van der Waals surface area contributed by atoms with Crippen LogP contribution in [0, 0.1) is 0 Å². The second-order valence-corrected chi connectivity index (χ2v) is 7.14. The van der Waals surface area contributed by atoms with E-state index < -0.39 is 10.0 Å². The van der Waals surface area contributed by atoms with Crippen LogP contribution in [0.15, 0.2) is 16.3 Å². The molecule has 0 radical (unpaired) electrons. The quantitative estimate of drug-likeness (QED) is 0.838. The van der Waals surface area contributed by atoms with Crippen molar-refractivity contribution < 1.29 is 13.2 Å². The Morgan fingerprint density at radius 2 is 2.18 bits per heavy atom. The van der Waals surface area contributed by atoms with Crippen molar-refractivity contribution in [2.24, 2.45) is 5.73 Å². The Balaban J connectivity index is 2.94. The normalized spacial score (nSPS) is 14.2. The van der Waals surface area contributed by atoms with Crippen molar-refractivity contribution >= 4 is 21.4 Å². The van der Waals surface area contributed by atoms with E-state index in [-0.39, 0.29) is 6.04 Å². The molecule has 17 heavy (non-hydrogen) atoms. The van der Waals surface area contributed by atoms with Crippen LogP contribution in [0.25, 0.3) is 0 Å². The lowest BCUT2D eigenvalue weighted by atomic mass is 10.4. The summed E-state index contributed by atoms with van der Waals surface area (Å²) in [6.07, 6.45) is 0. The van der Waals surface area contributed by atoms with E-state index >= 15 is 0 Å². The van der Waals surface area contributed by atoms with Gasteiger partial charge >= 0.3 is 0 Å². The van der Waals surface area contributed by atoms with Crippen LogP contribution < -0.4 is 5.73 Å². The van der Waals surface area contributed by atoms with Crippen molar-refractivity contribution in [2.75, 3.05) is 20.8 Å². The molecule has 0 aliphatic carbocycles. The summed E-state index contributed by atoms with van der Waals surface area (Å²) in [6, 6.07) is 3.14. The van der Waals surface area contributed by atoms with Gasteiger partial charge in [0.25, 0.3) is 10.0 Å².